The molecule has 0 spiro atoms. The third kappa shape index (κ3) is 1.99. The monoisotopic (exact) mass is 255 g/mol. The van der Waals surface area contributed by atoms with Gasteiger partial charge in [-0.15, -0.1) is 0 Å². The van der Waals surface area contributed by atoms with Crippen LogP contribution in [-0.2, 0) is 9.31 Å². The molecule has 0 aliphatic carbocycles. The topological polar surface area (TPSA) is 44.5 Å². The van der Waals surface area contributed by atoms with Gasteiger partial charge in [0.15, 0.2) is 0 Å². The average molecular weight is 255 g/mol. The minimum atomic E-state index is -0.877. The SMILES string of the molecule is CC1(C)OB(c2cc(N)c(F)cc2F)OC1(C)C. The smallest absolute Gasteiger partial charge is 0.399 e. The molecular weight excluding hydrogens is 239 g/mol. The Bertz CT molecular complexity index is 475. The number of anilines is 1. The van der Waals surface area contributed by atoms with Crippen molar-refractivity contribution in [2.75, 3.05) is 5.73 Å². The van der Waals surface area contributed by atoms with Crippen molar-refractivity contribution in [3.8, 4) is 0 Å². The van der Waals surface area contributed by atoms with Crippen LogP contribution in [0.25, 0.3) is 0 Å². The summed E-state index contributed by atoms with van der Waals surface area (Å²) < 4.78 is 38.2. The Labute approximate surface area is 105 Å². The lowest BCUT2D eigenvalue weighted by molar-refractivity contribution is 0.00578. The van der Waals surface area contributed by atoms with Crippen molar-refractivity contribution >= 4 is 18.3 Å². The highest BCUT2D eigenvalue weighted by Crippen LogP contribution is 2.36. The molecule has 2 rings (SSSR count). The molecule has 1 aromatic carbocycles. The van der Waals surface area contributed by atoms with Crippen LogP contribution in [0.1, 0.15) is 27.7 Å². The van der Waals surface area contributed by atoms with Gasteiger partial charge in [0.1, 0.15) is 11.6 Å². The van der Waals surface area contributed by atoms with Gasteiger partial charge in [0.2, 0.25) is 0 Å². The van der Waals surface area contributed by atoms with Crippen LogP contribution in [0.2, 0.25) is 0 Å². The van der Waals surface area contributed by atoms with E-state index in [0.29, 0.717) is 0 Å². The molecule has 6 heteroatoms. The highest BCUT2D eigenvalue weighted by molar-refractivity contribution is 6.62. The highest BCUT2D eigenvalue weighted by atomic mass is 19.1. The number of nitrogens with two attached hydrogens (primary N) is 1. The predicted molar refractivity (Wildman–Crippen MR) is 66.5 cm³/mol. The van der Waals surface area contributed by atoms with Crippen LogP contribution in [0.5, 0.6) is 0 Å². The third-order valence-electron chi connectivity index (χ3n) is 3.62. The number of hydrogen-bond acceptors (Lipinski definition) is 3. The maximum atomic E-state index is 13.7. The van der Waals surface area contributed by atoms with E-state index in [9.17, 15) is 8.78 Å². The summed E-state index contributed by atoms with van der Waals surface area (Å²) in [6, 6.07) is 1.96. The lowest BCUT2D eigenvalue weighted by Gasteiger charge is -2.32. The molecule has 3 nitrogen and oxygen atoms in total. The van der Waals surface area contributed by atoms with Crippen LogP contribution in [0.4, 0.5) is 14.5 Å². The molecule has 1 aliphatic heterocycles. The molecule has 0 amide bonds. The van der Waals surface area contributed by atoms with Crippen LogP contribution >= 0.6 is 0 Å². The first-order chi connectivity index (χ1) is 8.14. The molecule has 98 valence electrons. The minimum Gasteiger partial charge on any atom is -0.399 e. The zero-order valence-corrected chi connectivity index (χ0v) is 10.9. The van der Waals surface area contributed by atoms with E-state index in [0.717, 1.165) is 6.07 Å². The Morgan fingerprint density at radius 2 is 1.50 bits per heavy atom. The fourth-order valence-corrected chi connectivity index (χ4v) is 1.73. The Morgan fingerprint density at radius 1 is 1.00 bits per heavy atom. The zero-order chi connectivity index (χ0) is 13.7. The van der Waals surface area contributed by atoms with Gasteiger partial charge >= 0.3 is 7.12 Å². The molecule has 0 radical (unpaired) electrons. The van der Waals surface area contributed by atoms with E-state index in [1.54, 1.807) is 0 Å². The predicted octanol–water partition coefficient (Wildman–Crippen LogP) is 1.85. The van der Waals surface area contributed by atoms with Gasteiger partial charge in [-0.3, -0.25) is 0 Å². The summed E-state index contributed by atoms with van der Waals surface area (Å²) in [5, 5.41) is 0. The number of benzene rings is 1. The molecule has 1 heterocycles. The lowest BCUT2D eigenvalue weighted by Crippen LogP contribution is -2.41. The van der Waals surface area contributed by atoms with Gasteiger partial charge in [-0.2, -0.15) is 0 Å². The second kappa shape index (κ2) is 3.93. The van der Waals surface area contributed by atoms with Crippen molar-refractivity contribution in [3.05, 3.63) is 23.8 Å². The Kier molecular flexibility index (Phi) is 2.90. The van der Waals surface area contributed by atoms with Crippen molar-refractivity contribution < 1.29 is 18.1 Å². The average Bonchev–Trinajstić information content (AvgIpc) is 2.42. The summed E-state index contributed by atoms with van der Waals surface area (Å²) in [6.45, 7) is 7.44. The van der Waals surface area contributed by atoms with Gasteiger partial charge in [-0.25, -0.2) is 8.78 Å². The van der Waals surface area contributed by atoms with Crippen molar-refractivity contribution in [2.24, 2.45) is 0 Å². The number of hydrogen-bond donors (Lipinski definition) is 1. The minimum absolute atomic E-state index is 0.118. The van der Waals surface area contributed by atoms with Gasteiger partial charge in [0, 0.05) is 11.5 Å². The Hall–Kier alpha value is -1.14. The van der Waals surface area contributed by atoms with Crippen LogP contribution < -0.4 is 11.2 Å². The van der Waals surface area contributed by atoms with Gasteiger partial charge in [-0.1, -0.05) is 0 Å². The van der Waals surface area contributed by atoms with Crippen molar-refractivity contribution in [1.29, 1.82) is 0 Å². The van der Waals surface area contributed by atoms with Crippen molar-refractivity contribution in [2.45, 2.75) is 38.9 Å². The molecule has 1 aliphatic rings. The second-order valence-corrected chi connectivity index (χ2v) is 5.48. The van der Waals surface area contributed by atoms with E-state index in [1.165, 1.54) is 6.07 Å². The van der Waals surface area contributed by atoms with E-state index in [1.807, 2.05) is 27.7 Å². The van der Waals surface area contributed by atoms with Crippen LogP contribution in [0.15, 0.2) is 12.1 Å². The molecule has 0 saturated carbocycles. The highest BCUT2D eigenvalue weighted by Gasteiger charge is 2.52. The fraction of sp³-hybridized carbons (Fsp3) is 0.500. The molecule has 0 unspecified atom stereocenters. The molecule has 0 bridgehead atoms. The number of nitrogen functional groups attached to an aromatic ring is 1. The Balaban J connectivity index is 2.38. The first kappa shape index (κ1) is 13.3. The number of rotatable bonds is 1. The maximum absolute atomic E-state index is 13.7. The first-order valence-corrected chi connectivity index (χ1v) is 5.74. The zero-order valence-electron chi connectivity index (χ0n) is 10.9. The van der Waals surface area contributed by atoms with E-state index in [4.69, 9.17) is 15.0 Å². The quantitative estimate of drug-likeness (QED) is 0.615. The van der Waals surface area contributed by atoms with E-state index in [-0.39, 0.29) is 11.2 Å². The molecule has 1 fully saturated rings. The third-order valence-corrected chi connectivity index (χ3v) is 3.62. The summed E-state index contributed by atoms with van der Waals surface area (Å²) in [5.41, 5.74) is 4.28. The fourth-order valence-electron chi connectivity index (χ4n) is 1.73. The summed E-state index contributed by atoms with van der Waals surface area (Å²) in [7, 11) is -0.877. The lowest BCUT2D eigenvalue weighted by atomic mass is 9.78. The summed E-state index contributed by atoms with van der Waals surface area (Å²) in [6.07, 6.45) is 0. The molecule has 1 aromatic rings. The van der Waals surface area contributed by atoms with Crippen molar-refractivity contribution in [1.82, 2.24) is 0 Å². The standard InChI is InChI=1S/C12H16BF2NO2/c1-11(2)12(3,4)18-13(17-11)7-5-10(16)9(15)6-8(7)14/h5-6H,16H2,1-4H3. The summed E-state index contributed by atoms with van der Waals surface area (Å²) in [4.78, 5) is 0. The van der Waals surface area contributed by atoms with E-state index >= 15 is 0 Å². The largest absolute Gasteiger partial charge is 0.497 e. The van der Waals surface area contributed by atoms with Crippen LogP contribution in [0.3, 0.4) is 0 Å². The summed E-state index contributed by atoms with van der Waals surface area (Å²) in [5.74, 6) is -1.51. The Morgan fingerprint density at radius 3 is 2.00 bits per heavy atom. The van der Waals surface area contributed by atoms with Gasteiger partial charge in [0.25, 0.3) is 0 Å². The maximum Gasteiger partial charge on any atom is 0.497 e. The molecular formula is C12H16BF2NO2. The van der Waals surface area contributed by atoms with E-state index in [2.05, 4.69) is 0 Å². The molecule has 2 N–H and O–H groups in total. The molecule has 18 heavy (non-hydrogen) atoms. The first-order valence-electron chi connectivity index (χ1n) is 5.74. The van der Waals surface area contributed by atoms with Crippen LogP contribution in [-0.4, -0.2) is 18.3 Å². The molecule has 0 aromatic heterocycles. The van der Waals surface area contributed by atoms with Gasteiger partial charge in [0.05, 0.1) is 16.9 Å². The number of halogens is 2. The normalized spacial score (nSPS) is 21.3. The van der Waals surface area contributed by atoms with Crippen LogP contribution in [0, 0.1) is 11.6 Å². The van der Waals surface area contributed by atoms with Gasteiger partial charge in [-0.05, 0) is 33.8 Å². The summed E-state index contributed by atoms with van der Waals surface area (Å²) >= 11 is 0. The van der Waals surface area contributed by atoms with Crippen molar-refractivity contribution in [3.63, 3.8) is 0 Å². The second-order valence-electron chi connectivity index (χ2n) is 5.48. The molecule has 0 atom stereocenters. The van der Waals surface area contributed by atoms with E-state index < -0.39 is 30.0 Å². The molecule has 1 saturated heterocycles. The van der Waals surface area contributed by atoms with Gasteiger partial charge < -0.3 is 15.0 Å².